The Morgan fingerprint density at radius 2 is 2.05 bits per heavy atom. The smallest absolute Gasteiger partial charge is 0.354 e. The summed E-state index contributed by atoms with van der Waals surface area (Å²) in [5, 5.41) is 11.0. The largest absolute Gasteiger partial charge is 0.461 e. The molecule has 0 unspecified atom stereocenters. The lowest BCUT2D eigenvalue weighted by molar-refractivity contribution is 0.0476. The quantitative estimate of drug-likeness (QED) is 0.861. The maximum atomic E-state index is 12.0. The third kappa shape index (κ3) is 2.96. The van der Waals surface area contributed by atoms with Gasteiger partial charge in [-0.3, -0.25) is 0 Å². The van der Waals surface area contributed by atoms with Crippen molar-refractivity contribution in [1.29, 1.82) is 0 Å². The number of hydrogen-bond acceptors (Lipinski definition) is 3. The van der Waals surface area contributed by atoms with E-state index < -0.39 is 5.60 Å². The zero-order valence-corrected chi connectivity index (χ0v) is 11.5. The molecule has 0 atom stereocenters. The van der Waals surface area contributed by atoms with E-state index in [1.54, 1.807) is 26.8 Å². The van der Waals surface area contributed by atoms with Gasteiger partial charge in [0.2, 0.25) is 0 Å². The molecule has 1 aromatic carbocycles. The maximum Gasteiger partial charge on any atom is 0.354 e. The van der Waals surface area contributed by atoms with Crippen LogP contribution in [0.5, 0.6) is 0 Å². The fourth-order valence-corrected chi connectivity index (χ4v) is 2.14. The molecular weight excluding hydrogens is 242 g/mol. The van der Waals surface area contributed by atoms with E-state index in [0.29, 0.717) is 18.8 Å². The van der Waals surface area contributed by atoms with Gasteiger partial charge in [0, 0.05) is 10.9 Å². The van der Waals surface area contributed by atoms with Crippen LogP contribution >= 0.6 is 0 Å². The molecule has 1 aromatic heterocycles. The summed E-state index contributed by atoms with van der Waals surface area (Å²) in [6, 6.07) is 9.52. The molecule has 0 radical (unpaired) electrons. The lowest BCUT2D eigenvalue weighted by Gasteiger charge is -2.20. The molecule has 4 nitrogen and oxygen atoms in total. The van der Waals surface area contributed by atoms with Gasteiger partial charge in [0.1, 0.15) is 5.69 Å². The second-order valence-electron chi connectivity index (χ2n) is 5.21. The summed E-state index contributed by atoms with van der Waals surface area (Å²) in [5.74, 6) is -0.358. The zero-order valence-electron chi connectivity index (χ0n) is 11.5. The number of aromatic nitrogens is 1. The minimum atomic E-state index is -0.900. The number of benzene rings is 1. The van der Waals surface area contributed by atoms with Gasteiger partial charge in [0.25, 0.3) is 0 Å². The molecule has 4 heteroatoms. The summed E-state index contributed by atoms with van der Waals surface area (Å²) >= 11 is 0. The van der Waals surface area contributed by atoms with E-state index in [-0.39, 0.29) is 5.97 Å². The number of carbonyl (C=O) groups excluding carboxylic acids is 1. The molecule has 0 aliphatic rings. The van der Waals surface area contributed by atoms with Gasteiger partial charge in [-0.15, -0.1) is 0 Å². The van der Waals surface area contributed by atoms with Crippen LogP contribution in [0.25, 0.3) is 10.9 Å². The van der Waals surface area contributed by atoms with Gasteiger partial charge in [-0.1, -0.05) is 18.2 Å². The molecule has 2 rings (SSSR count). The standard InChI is InChI=1S/C15H19NO3/c1-4-19-14(17)13-9-11-7-5-6-8-12(11)16(13)10-15(2,3)18/h5-9,18H,4,10H2,1-3H3. The van der Waals surface area contributed by atoms with E-state index in [1.807, 2.05) is 28.8 Å². The minimum absolute atomic E-state index is 0.336. The van der Waals surface area contributed by atoms with Gasteiger partial charge >= 0.3 is 5.97 Å². The lowest BCUT2D eigenvalue weighted by Crippen LogP contribution is -2.28. The predicted octanol–water partition coefficient (Wildman–Crippen LogP) is 2.59. The van der Waals surface area contributed by atoms with Gasteiger partial charge in [-0.05, 0) is 32.9 Å². The van der Waals surface area contributed by atoms with E-state index in [4.69, 9.17) is 4.74 Å². The molecule has 0 amide bonds. The molecule has 2 aromatic rings. The van der Waals surface area contributed by atoms with Crippen LogP contribution in [0.3, 0.4) is 0 Å². The normalized spacial score (nSPS) is 11.8. The van der Waals surface area contributed by atoms with Crippen molar-refractivity contribution in [3.8, 4) is 0 Å². The average Bonchev–Trinajstić information content (AvgIpc) is 2.67. The van der Waals surface area contributed by atoms with Crippen molar-refractivity contribution in [3.05, 3.63) is 36.0 Å². The molecule has 102 valence electrons. The molecule has 0 saturated heterocycles. The van der Waals surface area contributed by atoms with E-state index in [2.05, 4.69) is 0 Å². The minimum Gasteiger partial charge on any atom is -0.461 e. The Morgan fingerprint density at radius 1 is 1.37 bits per heavy atom. The summed E-state index contributed by atoms with van der Waals surface area (Å²) in [6.07, 6.45) is 0. The highest BCUT2D eigenvalue weighted by molar-refractivity contribution is 5.95. The van der Waals surface area contributed by atoms with Crippen LogP contribution in [0.2, 0.25) is 0 Å². The molecule has 0 aliphatic heterocycles. The molecule has 0 fully saturated rings. The van der Waals surface area contributed by atoms with Gasteiger partial charge in [0.15, 0.2) is 0 Å². The Hall–Kier alpha value is -1.81. The Balaban J connectivity index is 2.55. The van der Waals surface area contributed by atoms with Crippen molar-refractivity contribution < 1.29 is 14.6 Å². The van der Waals surface area contributed by atoms with Crippen molar-refractivity contribution in [1.82, 2.24) is 4.57 Å². The SMILES string of the molecule is CCOC(=O)c1cc2ccccc2n1CC(C)(C)O. The third-order valence-electron chi connectivity index (χ3n) is 2.84. The zero-order chi connectivity index (χ0) is 14.0. The van der Waals surface area contributed by atoms with Crippen molar-refractivity contribution >= 4 is 16.9 Å². The van der Waals surface area contributed by atoms with E-state index in [9.17, 15) is 9.90 Å². The number of fused-ring (bicyclic) bond motifs is 1. The number of para-hydroxylation sites is 1. The number of hydrogen-bond donors (Lipinski definition) is 1. The molecule has 1 heterocycles. The molecular formula is C15H19NO3. The lowest BCUT2D eigenvalue weighted by atomic mass is 10.1. The first-order valence-corrected chi connectivity index (χ1v) is 6.40. The summed E-state index contributed by atoms with van der Waals surface area (Å²) in [6.45, 7) is 5.89. The van der Waals surface area contributed by atoms with E-state index >= 15 is 0 Å². The first-order chi connectivity index (χ1) is 8.92. The number of nitrogens with zero attached hydrogens (tertiary/aromatic N) is 1. The van der Waals surface area contributed by atoms with Crippen molar-refractivity contribution in [2.75, 3.05) is 6.61 Å². The summed E-state index contributed by atoms with van der Waals surface area (Å²) < 4.78 is 6.88. The Bertz CT molecular complexity index is 593. The Morgan fingerprint density at radius 3 is 2.68 bits per heavy atom. The second kappa shape index (κ2) is 5.05. The van der Waals surface area contributed by atoms with Gasteiger partial charge in [-0.25, -0.2) is 4.79 Å². The Labute approximate surface area is 112 Å². The summed E-state index contributed by atoms with van der Waals surface area (Å²) in [7, 11) is 0. The number of ether oxygens (including phenoxy) is 1. The number of carbonyl (C=O) groups is 1. The second-order valence-corrected chi connectivity index (χ2v) is 5.21. The maximum absolute atomic E-state index is 12.0. The highest BCUT2D eigenvalue weighted by atomic mass is 16.5. The molecule has 0 bridgehead atoms. The molecule has 1 N–H and O–H groups in total. The van der Waals surface area contributed by atoms with Crippen LogP contribution in [0.15, 0.2) is 30.3 Å². The number of esters is 1. The average molecular weight is 261 g/mol. The fourth-order valence-electron chi connectivity index (χ4n) is 2.14. The number of aliphatic hydroxyl groups is 1. The highest BCUT2D eigenvalue weighted by Gasteiger charge is 2.21. The van der Waals surface area contributed by atoms with Crippen molar-refractivity contribution in [3.63, 3.8) is 0 Å². The van der Waals surface area contributed by atoms with Crippen molar-refractivity contribution in [2.24, 2.45) is 0 Å². The third-order valence-corrected chi connectivity index (χ3v) is 2.84. The van der Waals surface area contributed by atoms with Gasteiger partial charge in [-0.2, -0.15) is 0 Å². The van der Waals surface area contributed by atoms with Crippen LogP contribution in [-0.4, -0.2) is 27.9 Å². The fraction of sp³-hybridized carbons (Fsp3) is 0.400. The first-order valence-electron chi connectivity index (χ1n) is 6.40. The number of rotatable bonds is 4. The first kappa shape index (κ1) is 13.6. The molecule has 0 aliphatic carbocycles. The molecule has 19 heavy (non-hydrogen) atoms. The Kier molecular flexibility index (Phi) is 3.62. The van der Waals surface area contributed by atoms with Crippen LogP contribution in [0, 0.1) is 0 Å². The molecule has 0 spiro atoms. The van der Waals surface area contributed by atoms with Crippen molar-refractivity contribution in [2.45, 2.75) is 32.9 Å². The highest BCUT2D eigenvalue weighted by Crippen LogP contribution is 2.22. The topological polar surface area (TPSA) is 51.5 Å². The molecule has 0 saturated carbocycles. The van der Waals surface area contributed by atoms with Crippen LogP contribution < -0.4 is 0 Å². The van der Waals surface area contributed by atoms with Crippen LogP contribution in [0.1, 0.15) is 31.3 Å². The van der Waals surface area contributed by atoms with Crippen LogP contribution in [0.4, 0.5) is 0 Å². The van der Waals surface area contributed by atoms with E-state index in [0.717, 1.165) is 10.9 Å². The van der Waals surface area contributed by atoms with Gasteiger partial charge < -0.3 is 14.4 Å². The summed E-state index contributed by atoms with van der Waals surface area (Å²) in [4.78, 5) is 12.0. The predicted molar refractivity (Wildman–Crippen MR) is 74.2 cm³/mol. The monoisotopic (exact) mass is 261 g/mol. The van der Waals surface area contributed by atoms with Crippen LogP contribution in [-0.2, 0) is 11.3 Å². The van der Waals surface area contributed by atoms with Gasteiger partial charge in [0.05, 0.1) is 18.8 Å². The summed E-state index contributed by atoms with van der Waals surface area (Å²) in [5.41, 5.74) is 0.501. The van der Waals surface area contributed by atoms with E-state index in [1.165, 1.54) is 0 Å².